The number of carbonyl (C=O) groups excluding carboxylic acids is 2. The molecule has 0 aliphatic carbocycles. The summed E-state index contributed by atoms with van der Waals surface area (Å²) in [5.74, 6) is -1.85. The second kappa shape index (κ2) is 13.5. The van der Waals surface area contributed by atoms with E-state index in [1.165, 1.54) is 12.1 Å². The normalized spacial score (nSPS) is 17.1. The average molecular weight is 684 g/mol. The minimum Gasteiger partial charge on any atom is -0.368 e. The van der Waals surface area contributed by atoms with Crippen LogP contribution in [0.15, 0.2) is 54.9 Å². The molecule has 14 heteroatoms. The summed E-state index contributed by atoms with van der Waals surface area (Å²) in [4.78, 5) is 45.4. The number of fused-ring (bicyclic) bond motifs is 1. The fourth-order valence-electron chi connectivity index (χ4n) is 6.81. The number of nitrogens with zero attached hydrogens (tertiary/aromatic N) is 7. The molecule has 50 heavy (non-hydrogen) atoms. The van der Waals surface area contributed by atoms with E-state index in [-0.39, 0.29) is 41.1 Å². The van der Waals surface area contributed by atoms with Gasteiger partial charge in [0.05, 0.1) is 29.5 Å². The van der Waals surface area contributed by atoms with E-state index in [0.717, 1.165) is 43.6 Å². The largest absolute Gasteiger partial charge is 0.368 e. The number of piperidine rings is 1. The van der Waals surface area contributed by atoms with Crippen LogP contribution in [0.25, 0.3) is 22.3 Å². The number of anilines is 3. The molecule has 0 spiro atoms. The van der Waals surface area contributed by atoms with Gasteiger partial charge in [-0.1, -0.05) is 12.1 Å². The van der Waals surface area contributed by atoms with E-state index in [1.54, 1.807) is 24.4 Å². The Morgan fingerprint density at radius 2 is 1.72 bits per heavy atom. The predicted molar refractivity (Wildman–Crippen MR) is 182 cm³/mol. The third-order valence-corrected chi connectivity index (χ3v) is 9.27. The summed E-state index contributed by atoms with van der Waals surface area (Å²) in [7, 11) is 0. The molecule has 2 saturated heterocycles. The first-order valence-corrected chi connectivity index (χ1v) is 16.6. The summed E-state index contributed by atoms with van der Waals surface area (Å²) in [5.41, 5.74) is 3.09. The number of nitrogens with one attached hydrogen (secondary N) is 2. The number of benzene rings is 2. The van der Waals surface area contributed by atoms with Crippen molar-refractivity contribution in [1.29, 1.82) is 0 Å². The highest BCUT2D eigenvalue weighted by molar-refractivity contribution is 6.01. The first-order valence-electron chi connectivity index (χ1n) is 16.6. The summed E-state index contributed by atoms with van der Waals surface area (Å²) in [6.07, 6.45) is 3.30. The third-order valence-electron chi connectivity index (χ3n) is 9.27. The Morgan fingerprint density at radius 3 is 2.42 bits per heavy atom. The number of pyridine rings is 1. The molecule has 5 heterocycles. The van der Waals surface area contributed by atoms with Crippen molar-refractivity contribution in [2.75, 3.05) is 36.4 Å². The van der Waals surface area contributed by atoms with Gasteiger partial charge in [-0.3, -0.25) is 19.8 Å². The van der Waals surface area contributed by atoms with Crippen LogP contribution in [-0.4, -0.2) is 67.4 Å². The fraction of sp³-hybridized carbons (Fsp3) is 0.333. The molecule has 0 saturated carbocycles. The van der Waals surface area contributed by atoms with Crippen molar-refractivity contribution < 1.29 is 22.8 Å². The first kappa shape index (κ1) is 33.1. The summed E-state index contributed by atoms with van der Waals surface area (Å²) in [5, 5.41) is 5.31. The second-order valence-corrected chi connectivity index (χ2v) is 13.0. The van der Waals surface area contributed by atoms with Gasteiger partial charge in [0.2, 0.25) is 17.8 Å². The van der Waals surface area contributed by atoms with Crippen LogP contribution in [0.2, 0.25) is 0 Å². The zero-order chi connectivity index (χ0) is 35.1. The highest BCUT2D eigenvalue weighted by Crippen LogP contribution is 2.31. The lowest BCUT2D eigenvalue weighted by Crippen LogP contribution is -2.46. The lowest BCUT2D eigenvalue weighted by atomic mass is 9.89. The number of hydrogen-bond acceptors (Lipinski definition) is 9. The molecule has 2 aliphatic heterocycles. The molecule has 1 atom stereocenters. The van der Waals surface area contributed by atoms with Gasteiger partial charge < -0.3 is 14.8 Å². The number of hydrogen-bond donors (Lipinski definition) is 2. The molecule has 7 rings (SSSR count). The Morgan fingerprint density at radius 1 is 0.920 bits per heavy atom. The van der Waals surface area contributed by atoms with Crippen LogP contribution in [0, 0.1) is 24.4 Å². The lowest BCUT2D eigenvalue weighted by Gasteiger charge is -2.36. The fourth-order valence-corrected chi connectivity index (χ4v) is 6.81. The van der Waals surface area contributed by atoms with E-state index in [9.17, 15) is 18.4 Å². The molecule has 5 aromatic rings. The van der Waals surface area contributed by atoms with Crippen LogP contribution >= 0.6 is 0 Å². The van der Waals surface area contributed by atoms with E-state index >= 15 is 4.39 Å². The van der Waals surface area contributed by atoms with Crippen molar-refractivity contribution in [3.63, 3.8) is 0 Å². The molecular formula is C36H36F3N9O2. The van der Waals surface area contributed by atoms with Gasteiger partial charge in [0.15, 0.2) is 11.6 Å². The number of imide groups is 1. The number of aromatic nitrogens is 5. The molecule has 11 nitrogen and oxygen atoms in total. The summed E-state index contributed by atoms with van der Waals surface area (Å²) in [6.45, 7) is 9.33. The van der Waals surface area contributed by atoms with Gasteiger partial charge in [0, 0.05) is 56.3 Å². The molecule has 258 valence electrons. The Balaban J connectivity index is 0.975. The van der Waals surface area contributed by atoms with E-state index in [0.29, 0.717) is 35.7 Å². The van der Waals surface area contributed by atoms with Crippen LogP contribution in [0.1, 0.15) is 55.6 Å². The molecule has 1 unspecified atom stereocenters. The number of imidazole rings is 1. The summed E-state index contributed by atoms with van der Waals surface area (Å²) < 4.78 is 46.9. The van der Waals surface area contributed by atoms with E-state index in [4.69, 9.17) is 0 Å². The SMILES string of the molecule is Cc1nc2c(F)cc(-c3nc(Nc4ccc(N5CCN(Cc6ccc(C7CCC(=O)NC7=O)c(F)c6)CC5)cn4)ncc3F)cc2n1C(C)C. The minimum absolute atomic E-state index is 0.0315. The van der Waals surface area contributed by atoms with Crippen LogP contribution in [0.4, 0.5) is 30.6 Å². The van der Waals surface area contributed by atoms with E-state index in [1.807, 2.05) is 37.5 Å². The standard InChI is InChI=1S/C36H36F3N9O2/c1-20(2)48-21(3)42-34-28(38)15-23(16-30(34)48)33-29(39)18-41-36(45-33)43-31-8-5-24(17-40-31)47-12-10-46(11-13-47)19-22-4-6-25(27(37)14-22)26-7-9-32(49)44-35(26)50/h4-6,8,14-18,20,26H,7,9-13,19H2,1-3H3,(H,44,49,50)(H,40,41,43,45). The maximum absolute atomic E-state index is 15.1. The second-order valence-electron chi connectivity index (χ2n) is 13.0. The maximum atomic E-state index is 15.1. The van der Waals surface area contributed by atoms with Crippen LogP contribution < -0.4 is 15.5 Å². The van der Waals surface area contributed by atoms with Crippen LogP contribution in [0.3, 0.4) is 0 Å². The first-order chi connectivity index (χ1) is 24.0. The van der Waals surface area contributed by atoms with Gasteiger partial charge in [-0.2, -0.15) is 0 Å². The molecule has 2 amide bonds. The third kappa shape index (κ3) is 6.62. The summed E-state index contributed by atoms with van der Waals surface area (Å²) in [6, 6.07) is 11.7. The molecule has 0 bridgehead atoms. The molecule has 2 N–H and O–H groups in total. The van der Waals surface area contributed by atoms with Crippen molar-refractivity contribution in [3.05, 3.63) is 89.3 Å². The maximum Gasteiger partial charge on any atom is 0.234 e. The Bertz CT molecular complexity index is 2090. The zero-order valence-electron chi connectivity index (χ0n) is 27.9. The quantitative estimate of drug-likeness (QED) is 0.196. The van der Waals surface area contributed by atoms with Crippen LogP contribution in [-0.2, 0) is 16.1 Å². The monoisotopic (exact) mass is 683 g/mol. The summed E-state index contributed by atoms with van der Waals surface area (Å²) >= 11 is 0. The van der Waals surface area contributed by atoms with Gasteiger partial charge in [-0.25, -0.2) is 33.1 Å². The molecule has 3 aromatic heterocycles. The Hall–Kier alpha value is -5.37. The van der Waals surface area contributed by atoms with Crippen molar-refractivity contribution in [2.24, 2.45) is 0 Å². The number of aryl methyl sites for hydroxylation is 1. The van der Waals surface area contributed by atoms with E-state index < -0.39 is 29.3 Å². The van der Waals surface area contributed by atoms with Crippen molar-refractivity contribution in [1.82, 2.24) is 34.7 Å². The minimum atomic E-state index is -0.682. The van der Waals surface area contributed by atoms with Gasteiger partial charge in [-0.15, -0.1) is 0 Å². The highest BCUT2D eigenvalue weighted by atomic mass is 19.1. The van der Waals surface area contributed by atoms with Gasteiger partial charge in [0.1, 0.15) is 28.7 Å². The number of halogens is 3. The predicted octanol–water partition coefficient (Wildman–Crippen LogP) is 5.78. The molecule has 2 aliphatic rings. The highest BCUT2D eigenvalue weighted by Gasteiger charge is 2.30. The smallest absolute Gasteiger partial charge is 0.234 e. The van der Waals surface area contributed by atoms with Crippen molar-refractivity contribution in [2.45, 2.75) is 52.1 Å². The number of amides is 2. The molecule has 0 radical (unpaired) electrons. The average Bonchev–Trinajstić information content (AvgIpc) is 3.43. The van der Waals surface area contributed by atoms with Crippen molar-refractivity contribution >= 4 is 40.3 Å². The van der Waals surface area contributed by atoms with E-state index in [2.05, 4.69) is 40.4 Å². The molecule has 2 aromatic carbocycles. The topological polar surface area (TPSA) is 121 Å². The van der Waals surface area contributed by atoms with Gasteiger partial charge in [0.25, 0.3) is 0 Å². The van der Waals surface area contributed by atoms with Gasteiger partial charge in [-0.05, 0) is 63.1 Å². The number of piperazine rings is 1. The molecule has 2 fully saturated rings. The number of rotatable bonds is 8. The Labute approximate surface area is 286 Å². The lowest BCUT2D eigenvalue weighted by molar-refractivity contribution is -0.134. The zero-order valence-corrected chi connectivity index (χ0v) is 27.9. The number of carbonyl (C=O) groups is 2. The van der Waals surface area contributed by atoms with Gasteiger partial charge >= 0.3 is 0 Å². The van der Waals surface area contributed by atoms with Crippen LogP contribution in [0.5, 0.6) is 0 Å². The Kier molecular flexibility index (Phi) is 8.95. The van der Waals surface area contributed by atoms with Crippen molar-refractivity contribution in [3.8, 4) is 11.3 Å². The molecular weight excluding hydrogens is 647 g/mol.